The Labute approximate surface area is 146 Å². The van der Waals surface area contributed by atoms with Gasteiger partial charge < -0.3 is 14.8 Å². The predicted octanol–water partition coefficient (Wildman–Crippen LogP) is 4.00. The van der Waals surface area contributed by atoms with Gasteiger partial charge >= 0.3 is 0 Å². The van der Waals surface area contributed by atoms with Gasteiger partial charge in [0.05, 0.1) is 19.8 Å². The van der Waals surface area contributed by atoms with Crippen molar-refractivity contribution in [1.29, 1.82) is 0 Å². The number of hydrogen-bond acceptors (Lipinski definition) is 3. The number of carbonyl (C=O) groups excluding carboxylic acids is 1. The van der Waals surface area contributed by atoms with E-state index in [1.165, 1.54) is 6.08 Å². The quantitative estimate of drug-likeness (QED) is 0.853. The lowest BCUT2D eigenvalue weighted by molar-refractivity contribution is -0.117. The molecule has 0 radical (unpaired) electrons. The molecule has 1 aliphatic rings. The van der Waals surface area contributed by atoms with Gasteiger partial charge in [0, 0.05) is 23.1 Å². The molecule has 4 nitrogen and oxygen atoms in total. The molecule has 0 saturated heterocycles. The number of nitrogens with one attached hydrogen (secondary N) is 1. The molecule has 0 fully saturated rings. The largest absolute Gasteiger partial charge is 0.497 e. The molecule has 2 aromatic rings. The highest BCUT2D eigenvalue weighted by molar-refractivity contribution is 6.30. The summed E-state index contributed by atoms with van der Waals surface area (Å²) in [6.45, 7) is 0.571. The minimum absolute atomic E-state index is 0.0968. The van der Waals surface area contributed by atoms with Crippen molar-refractivity contribution >= 4 is 23.6 Å². The van der Waals surface area contributed by atoms with Gasteiger partial charge in [-0.3, -0.25) is 4.79 Å². The van der Waals surface area contributed by atoms with Crippen molar-refractivity contribution < 1.29 is 14.3 Å². The first-order chi connectivity index (χ1) is 11.7. The number of amides is 1. The zero-order chi connectivity index (χ0) is 16.9. The number of fused-ring (bicyclic) bond motifs is 1. The smallest absolute Gasteiger partial charge is 0.244 e. The number of hydrogen-bond donors (Lipinski definition) is 1. The van der Waals surface area contributed by atoms with Crippen molar-refractivity contribution in [2.24, 2.45) is 0 Å². The van der Waals surface area contributed by atoms with Crippen LogP contribution in [0.3, 0.4) is 0 Å². The Morgan fingerprint density at radius 3 is 2.83 bits per heavy atom. The molecule has 124 valence electrons. The van der Waals surface area contributed by atoms with E-state index in [2.05, 4.69) is 5.32 Å². The van der Waals surface area contributed by atoms with Gasteiger partial charge in [-0.15, -0.1) is 0 Å². The molecular formula is C19H18ClNO3. The second kappa shape index (κ2) is 7.41. The van der Waals surface area contributed by atoms with Crippen LogP contribution >= 0.6 is 11.6 Å². The van der Waals surface area contributed by atoms with Crippen molar-refractivity contribution in [3.05, 3.63) is 64.7 Å². The highest BCUT2D eigenvalue weighted by atomic mass is 35.5. The molecule has 3 rings (SSSR count). The number of benzene rings is 2. The van der Waals surface area contributed by atoms with Gasteiger partial charge in [0.15, 0.2) is 0 Å². The predicted molar refractivity (Wildman–Crippen MR) is 94.5 cm³/mol. The van der Waals surface area contributed by atoms with Gasteiger partial charge in [0.25, 0.3) is 0 Å². The number of ether oxygens (including phenoxy) is 2. The summed E-state index contributed by atoms with van der Waals surface area (Å²) in [4.78, 5) is 12.2. The van der Waals surface area contributed by atoms with Crippen molar-refractivity contribution in [2.75, 3.05) is 13.7 Å². The summed E-state index contributed by atoms with van der Waals surface area (Å²) in [6, 6.07) is 12.9. The lowest BCUT2D eigenvalue weighted by atomic mass is 10.0. The maximum Gasteiger partial charge on any atom is 0.244 e. The molecule has 1 aliphatic heterocycles. The molecule has 0 saturated carbocycles. The minimum atomic E-state index is -0.149. The molecule has 0 bridgehead atoms. The van der Waals surface area contributed by atoms with Crippen LogP contribution < -0.4 is 14.8 Å². The molecule has 0 spiro atoms. The lowest BCUT2D eigenvalue weighted by Crippen LogP contribution is -2.30. The monoisotopic (exact) mass is 343 g/mol. The Morgan fingerprint density at radius 2 is 2.08 bits per heavy atom. The first-order valence-electron chi connectivity index (χ1n) is 7.70. The van der Waals surface area contributed by atoms with Gasteiger partial charge in [0.1, 0.15) is 11.5 Å². The molecule has 1 unspecified atom stereocenters. The molecule has 2 aromatic carbocycles. The molecule has 1 N–H and O–H groups in total. The average molecular weight is 344 g/mol. The fraction of sp³-hybridized carbons (Fsp3) is 0.211. The summed E-state index contributed by atoms with van der Waals surface area (Å²) in [6.07, 6.45) is 4.02. The first-order valence-corrected chi connectivity index (χ1v) is 8.08. The fourth-order valence-corrected chi connectivity index (χ4v) is 2.80. The van der Waals surface area contributed by atoms with Crippen LogP contribution in [0.25, 0.3) is 6.08 Å². The number of halogens is 1. The average Bonchev–Trinajstić information content (AvgIpc) is 2.61. The highest BCUT2D eigenvalue weighted by Gasteiger charge is 2.22. The maximum absolute atomic E-state index is 12.2. The van der Waals surface area contributed by atoms with Gasteiger partial charge in [-0.05, 0) is 42.0 Å². The van der Waals surface area contributed by atoms with E-state index in [9.17, 15) is 4.79 Å². The van der Waals surface area contributed by atoms with Crippen LogP contribution in [0.1, 0.15) is 23.6 Å². The van der Waals surface area contributed by atoms with Crippen LogP contribution in [-0.2, 0) is 4.79 Å². The first kappa shape index (κ1) is 16.4. The van der Waals surface area contributed by atoms with Gasteiger partial charge in [0.2, 0.25) is 5.91 Å². The zero-order valence-corrected chi connectivity index (χ0v) is 14.0. The second-order valence-electron chi connectivity index (χ2n) is 5.49. The molecule has 24 heavy (non-hydrogen) atoms. The summed E-state index contributed by atoms with van der Waals surface area (Å²) >= 11 is 6.05. The molecule has 1 atom stereocenters. The SMILES string of the molecule is COc1ccc(/C=C/C(=O)NC2CCOc3ccc(Cl)cc32)cc1. The summed E-state index contributed by atoms with van der Waals surface area (Å²) < 4.78 is 10.7. The van der Waals surface area contributed by atoms with E-state index in [0.717, 1.165) is 29.0 Å². The van der Waals surface area contributed by atoms with Crippen LogP contribution in [0.4, 0.5) is 0 Å². The van der Waals surface area contributed by atoms with E-state index >= 15 is 0 Å². The Hall–Kier alpha value is -2.46. The maximum atomic E-state index is 12.2. The van der Waals surface area contributed by atoms with Gasteiger partial charge in [-0.2, -0.15) is 0 Å². The van der Waals surface area contributed by atoms with E-state index < -0.39 is 0 Å². The standard InChI is InChI=1S/C19H18ClNO3/c1-23-15-6-2-13(3-7-15)4-9-19(22)21-17-10-11-24-18-8-5-14(20)12-16(17)18/h2-9,12,17H,10-11H2,1H3,(H,21,22)/b9-4+. The molecule has 1 amide bonds. The number of carbonyl (C=O) groups is 1. The van der Waals surface area contributed by atoms with Crippen molar-refractivity contribution in [3.8, 4) is 11.5 Å². The Balaban J connectivity index is 1.67. The Kier molecular flexibility index (Phi) is 5.06. The van der Waals surface area contributed by atoms with Gasteiger partial charge in [-0.1, -0.05) is 23.7 Å². The van der Waals surface area contributed by atoms with Crippen molar-refractivity contribution in [3.63, 3.8) is 0 Å². The summed E-state index contributed by atoms with van der Waals surface area (Å²) in [5.74, 6) is 1.41. The van der Waals surface area contributed by atoms with Crippen LogP contribution in [-0.4, -0.2) is 19.6 Å². The van der Waals surface area contributed by atoms with Crippen molar-refractivity contribution in [1.82, 2.24) is 5.32 Å². The van der Waals surface area contributed by atoms with E-state index in [1.807, 2.05) is 36.4 Å². The van der Waals surface area contributed by atoms with Crippen LogP contribution in [0.2, 0.25) is 5.02 Å². The summed E-state index contributed by atoms with van der Waals surface area (Å²) in [7, 11) is 1.62. The van der Waals surface area contributed by atoms with E-state index in [0.29, 0.717) is 11.6 Å². The topological polar surface area (TPSA) is 47.6 Å². The van der Waals surface area contributed by atoms with Crippen LogP contribution in [0, 0.1) is 0 Å². The fourth-order valence-electron chi connectivity index (χ4n) is 2.62. The zero-order valence-electron chi connectivity index (χ0n) is 13.3. The van der Waals surface area contributed by atoms with Crippen molar-refractivity contribution in [2.45, 2.75) is 12.5 Å². The molecule has 1 heterocycles. The highest BCUT2D eigenvalue weighted by Crippen LogP contribution is 2.33. The minimum Gasteiger partial charge on any atom is -0.497 e. The summed E-state index contributed by atoms with van der Waals surface area (Å²) in [5, 5.41) is 3.64. The second-order valence-corrected chi connectivity index (χ2v) is 5.92. The van der Waals surface area contributed by atoms with E-state index in [1.54, 1.807) is 19.3 Å². The third-order valence-electron chi connectivity index (χ3n) is 3.87. The third kappa shape index (κ3) is 3.89. The molecule has 0 aromatic heterocycles. The number of rotatable bonds is 4. The number of methoxy groups -OCH3 is 1. The third-order valence-corrected chi connectivity index (χ3v) is 4.11. The molecule has 5 heteroatoms. The lowest BCUT2D eigenvalue weighted by Gasteiger charge is -2.26. The van der Waals surface area contributed by atoms with Crippen LogP contribution in [0.15, 0.2) is 48.5 Å². The van der Waals surface area contributed by atoms with E-state index in [4.69, 9.17) is 21.1 Å². The normalized spacial score (nSPS) is 16.3. The Morgan fingerprint density at radius 1 is 1.29 bits per heavy atom. The summed E-state index contributed by atoms with van der Waals surface area (Å²) in [5.41, 5.74) is 1.85. The van der Waals surface area contributed by atoms with E-state index in [-0.39, 0.29) is 11.9 Å². The molecular weight excluding hydrogens is 326 g/mol. The Bertz CT molecular complexity index is 756. The van der Waals surface area contributed by atoms with Gasteiger partial charge in [-0.25, -0.2) is 0 Å². The van der Waals surface area contributed by atoms with Crippen LogP contribution in [0.5, 0.6) is 11.5 Å². The molecule has 0 aliphatic carbocycles.